The molecule has 0 spiro atoms. The smallest absolute Gasteiger partial charge is 0.379 e. The van der Waals surface area contributed by atoms with Gasteiger partial charge in [0.15, 0.2) is 11.6 Å². The zero-order chi connectivity index (χ0) is 23.6. The summed E-state index contributed by atoms with van der Waals surface area (Å²) >= 11 is 0. The molecule has 0 aliphatic heterocycles. The van der Waals surface area contributed by atoms with Gasteiger partial charge < -0.3 is 18.6 Å². The van der Waals surface area contributed by atoms with Gasteiger partial charge in [-0.3, -0.25) is 0 Å². The predicted octanol–water partition coefficient (Wildman–Crippen LogP) is 5.69. The Bertz CT molecular complexity index is 1120. The highest BCUT2D eigenvalue weighted by Gasteiger charge is 2.19. The van der Waals surface area contributed by atoms with Gasteiger partial charge in [-0.1, -0.05) is 31.5 Å². The van der Waals surface area contributed by atoms with E-state index in [0.717, 1.165) is 50.9 Å². The highest BCUT2D eigenvalue weighted by atomic mass is 19.1. The molecule has 0 amide bonds. The summed E-state index contributed by atoms with van der Waals surface area (Å²) in [6.07, 6.45) is 5.13. The summed E-state index contributed by atoms with van der Waals surface area (Å²) in [4.78, 5) is 24.8. The Morgan fingerprint density at radius 1 is 1.00 bits per heavy atom. The second kappa shape index (κ2) is 12.2. The maximum absolute atomic E-state index is 14.5. The van der Waals surface area contributed by atoms with Crippen LogP contribution in [0.2, 0.25) is 0 Å². The molecule has 3 rings (SSSR count). The first-order valence-corrected chi connectivity index (χ1v) is 11.3. The molecule has 176 valence electrons. The van der Waals surface area contributed by atoms with Crippen molar-refractivity contribution in [1.82, 2.24) is 0 Å². The Morgan fingerprint density at radius 2 is 1.76 bits per heavy atom. The zero-order valence-electron chi connectivity index (χ0n) is 19.0. The molecule has 0 saturated heterocycles. The molecular weight excluding hydrogens is 427 g/mol. The van der Waals surface area contributed by atoms with Gasteiger partial charge in [0.05, 0.1) is 6.61 Å². The lowest BCUT2D eigenvalue weighted by molar-refractivity contribution is 0.0697. The van der Waals surface area contributed by atoms with E-state index in [1.54, 1.807) is 19.1 Å². The largest absolute Gasteiger partial charge is 0.491 e. The van der Waals surface area contributed by atoms with E-state index in [1.807, 2.05) is 12.1 Å². The van der Waals surface area contributed by atoms with Gasteiger partial charge in [0, 0.05) is 13.2 Å². The van der Waals surface area contributed by atoms with E-state index < -0.39 is 17.4 Å². The normalized spacial score (nSPS) is 11.0. The predicted molar refractivity (Wildman–Crippen MR) is 124 cm³/mol. The molecule has 2 aromatic carbocycles. The third-order valence-corrected chi connectivity index (χ3v) is 5.11. The summed E-state index contributed by atoms with van der Waals surface area (Å²) in [5, 5.41) is -0.0363. The minimum absolute atomic E-state index is 0.0447. The van der Waals surface area contributed by atoms with E-state index in [4.69, 9.17) is 18.6 Å². The van der Waals surface area contributed by atoms with Gasteiger partial charge in [-0.15, -0.1) is 0 Å². The molecule has 1 aromatic heterocycles. The Balaban J connectivity index is 1.59. The topological polar surface area (TPSA) is 75.0 Å². The summed E-state index contributed by atoms with van der Waals surface area (Å²) in [6.45, 7) is 5.69. The van der Waals surface area contributed by atoms with Crippen LogP contribution in [0.1, 0.15) is 55.6 Å². The summed E-state index contributed by atoms with van der Waals surface area (Å²) < 4.78 is 35.6. The van der Waals surface area contributed by atoms with E-state index >= 15 is 0 Å². The molecule has 3 aromatic rings. The number of esters is 1. The van der Waals surface area contributed by atoms with Gasteiger partial charge in [0.2, 0.25) is 5.76 Å². The minimum Gasteiger partial charge on any atom is -0.491 e. The van der Waals surface area contributed by atoms with E-state index in [0.29, 0.717) is 5.75 Å². The van der Waals surface area contributed by atoms with E-state index in [2.05, 4.69) is 6.92 Å². The molecule has 7 heteroatoms. The van der Waals surface area contributed by atoms with Gasteiger partial charge in [0.1, 0.15) is 11.1 Å². The Hall–Kier alpha value is -3.19. The highest BCUT2D eigenvalue weighted by Crippen LogP contribution is 2.25. The van der Waals surface area contributed by atoms with Crippen molar-refractivity contribution in [2.45, 2.75) is 46.0 Å². The van der Waals surface area contributed by atoms with Crippen LogP contribution in [-0.4, -0.2) is 25.8 Å². The number of fused-ring (bicyclic) bond motifs is 1. The number of ether oxygens (including phenoxy) is 3. The van der Waals surface area contributed by atoms with Crippen LogP contribution >= 0.6 is 0 Å². The minimum atomic E-state index is -0.965. The molecule has 0 unspecified atom stereocenters. The van der Waals surface area contributed by atoms with Gasteiger partial charge in [-0.05, 0) is 67.8 Å². The second-order valence-corrected chi connectivity index (χ2v) is 7.63. The molecule has 6 nitrogen and oxygen atoms in total. The molecule has 0 bridgehead atoms. The number of unbranched alkanes of at least 4 members (excludes halogenated alkanes) is 2. The Labute approximate surface area is 192 Å². The monoisotopic (exact) mass is 456 g/mol. The van der Waals surface area contributed by atoms with Crippen molar-refractivity contribution in [3.63, 3.8) is 0 Å². The molecule has 1 heterocycles. The Kier molecular flexibility index (Phi) is 9.01. The number of halogens is 1. The fourth-order valence-corrected chi connectivity index (χ4v) is 3.35. The van der Waals surface area contributed by atoms with Crippen LogP contribution in [0.4, 0.5) is 4.39 Å². The van der Waals surface area contributed by atoms with Crippen LogP contribution in [0.3, 0.4) is 0 Å². The lowest BCUT2D eigenvalue weighted by atomic mass is 10.1. The van der Waals surface area contributed by atoms with Crippen molar-refractivity contribution in [2.24, 2.45) is 0 Å². The summed E-state index contributed by atoms with van der Waals surface area (Å²) in [5.41, 5.74) is 0.161. The number of hydrogen-bond donors (Lipinski definition) is 0. The SMILES string of the molecule is CCCCOCCCCc1ccc(OC(=O)c2cc3ccc(OCC)c(F)c3c(=O)o2)cc1. The highest BCUT2D eigenvalue weighted by molar-refractivity contribution is 5.93. The molecule has 0 aliphatic rings. The molecular formula is C26H29FO6. The number of carbonyl (C=O) groups excluding carboxylic acids is 1. The van der Waals surface area contributed by atoms with Crippen molar-refractivity contribution in [1.29, 1.82) is 0 Å². The summed E-state index contributed by atoms with van der Waals surface area (Å²) in [5.74, 6) is -1.67. The molecule has 0 saturated carbocycles. The lowest BCUT2D eigenvalue weighted by Crippen LogP contribution is -2.13. The van der Waals surface area contributed by atoms with Crippen LogP contribution in [0.25, 0.3) is 10.8 Å². The summed E-state index contributed by atoms with van der Waals surface area (Å²) in [7, 11) is 0. The van der Waals surface area contributed by atoms with Crippen molar-refractivity contribution in [3.8, 4) is 11.5 Å². The average Bonchev–Trinajstić information content (AvgIpc) is 2.81. The molecule has 0 atom stereocenters. The number of rotatable bonds is 12. The molecule has 0 radical (unpaired) electrons. The van der Waals surface area contributed by atoms with Crippen molar-refractivity contribution >= 4 is 16.7 Å². The third-order valence-electron chi connectivity index (χ3n) is 5.11. The first kappa shape index (κ1) is 24.5. The van der Waals surface area contributed by atoms with Crippen LogP contribution in [0, 0.1) is 5.82 Å². The molecule has 0 N–H and O–H groups in total. The average molecular weight is 457 g/mol. The fraction of sp³-hybridized carbons (Fsp3) is 0.385. The summed E-state index contributed by atoms with van der Waals surface area (Å²) in [6, 6.07) is 11.4. The van der Waals surface area contributed by atoms with Crippen molar-refractivity contribution in [3.05, 3.63) is 70.0 Å². The number of aryl methyl sites for hydroxylation is 1. The van der Waals surface area contributed by atoms with Crippen molar-refractivity contribution in [2.75, 3.05) is 19.8 Å². The molecule has 33 heavy (non-hydrogen) atoms. The maximum Gasteiger partial charge on any atom is 0.379 e. The second-order valence-electron chi connectivity index (χ2n) is 7.63. The van der Waals surface area contributed by atoms with Crippen LogP contribution in [0.15, 0.2) is 51.7 Å². The molecule has 0 fully saturated rings. The standard InChI is InChI=1S/C26H29FO6/c1-3-5-15-30-16-7-6-8-18-9-12-20(13-10-18)32-25(28)22-17-19-11-14-21(31-4-2)24(27)23(19)26(29)33-22/h9-14,17H,3-8,15-16H2,1-2H3. The van der Waals surface area contributed by atoms with E-state index in [9.17, 15) is 14.0 Å². The Morgan fingerprint density at radius 3 is 2.48 bits per heavy atom. The number of benzene rings is 2. The van der Waals surface area contributed by atoms with E-state index in [1.165, 1.54) is 18.2 Å². The zero-order valence-corrected chi connectivity index (χ0v) is 19.0. The van der Waals surface area contributed by atoms with E-state index in [-0.39, 0.29) is 28.9 Å². The van der Waals surface area contributed by atoms with Gasteiger partial charge in [0.25, 0.3) is 0 Å². The first-order chi connectivity index (χ1) is 16.0. The lowest BCUT2D eigenvalue weighted by Gasteiger charge is -2.08. The van der Waals surface area contributed by atoms with Crippen LogP contribution in [-0.2, 0) is 11.2 Å². The first-order valence-electron chi connectivity index (χ1n) is 11.3. The fourth-order valence-electron chi connectivity index (χ4n) is 3.35. The maximum atomic E-state index is 14.5. The quantitative estimate of drug-likeness (QED) is 0.198. The van der Waals surface area contributed by atoms with Gasteiger partial charge in [-0.2, -0.15) is 0 Å². The van der Waals surface area contributed by atoms with Gasteiger partial charge >= 0.3 is 11.6 Å². The number of carbonyl (C=O) groups is 1. The number of hydrogen-bond acceptors (Lipinski definition) is 6. The van der Waals surface area contributed by atoms with Crippen LogP contribution < -0.4 is 15.1 Å². The van der Waals surface area contributed by atoms with Gasteiger partial charge in [-0.25, -0.2) is 14.0 Å². The third kappa shape index (κ3) is 6.65. The molecule has 0 aliphatic carbocycles. The van der Waals surface area contributed by atoms with Crippen LogP contribution in [0.5, 0.6) is 11.5 Å². The van der Waals surface area contributed by atoms with Crippen molar-refractivity contribution < 1.29 is 27.8 Å².